The smallest absolute Gasteiger partial charge is 0.326 e. The third-order valence-corrected chi connectivity index (χ3v) is 5.44. The van der Waals surface area contributed by atoms with Crippen LogP contribution in [0.15, 0.2) is 0 Å². The van der Waals surface area contributed by atoms with E-state index in [-0.39, 0.29) is 24.5 Å². The van der Waals surface area contributed by atoms with Gasteiger partial charge in [0.15, 0.2) is 9.84 Å². The van der Waals surface area contributed by atoms with Gasteiger partial charge >= 0.3 is 12.0 Å². The first-order valence-corrected chi connectivity index (χ1v) is 8.29. The van der Waals surface area contributed by atoms with Crippen LogP contribution in [0.25, 0.3) is 0 Å². The fourth-order valence-corrected chi connectivity index (χ4v) is 4.30. The number of nitrogens with zero attached hydrogens (tertiary/aromatic N) is 1. The van der Waals surface area contributed by atoms with Crippen LogP contribution in [0.2, 0.25) is 0 Å². The predicted molar refractivity (Wildman–Crippen MR) is 69.0 cm³/mol. The lowest BCUT2D eigenvalue weighted by atomic mass is 10.2. The molecule has 0 radical (unpaired) electrons. The Morgan fingerprint density at radius 2 is 2.00 bits per heavy atom. The highest BCUT2D eigenvalue weighted by Crippen LogP contribution is 2.19. The van der Waals surface area contributed by atoms with Crippen molar-refractivity contribution in [2.24, 2.45) is 0 Å². The Morgan fingerprint density at radius 3 is 2.60 bits per heavy atom. The number of carboxylic acid groups (broad SMARTS) is 1. The summed E-state index contributed by atoms with van der Waals surface area (Å²) < 4.78 is 23.0. The number of hydrogen-bond donors (Lipinski definition) is 3. The maximum absolute atomic E-state index is 12.0. The standard InChI is InChI=1S/C11H18N2O6S/c14-8-4-9(10(15)16)13(5-8)11(17)12-7-2-1-3-20(18,19)6-7/h7-9,14H,1-6H2,(H,12,17)(H,15,16)/t7?,8-,9-/m0/s1. The van der Waals surface area contributed by atoms with Gasteiger partial charge in [0, 0.05) is 19.0 Å². The van der Waals surface area contributed by atoms with E-state index < -0.39 is 40.0 Å². The first kappa shape index (κ1) is 15.0. The second-order valence-electron chi connectivity index (χ2n) is 5.30. The summed E-state index contributed by atoms with van der Waals surface area (Å²) in [6, 6.07) is -2.19. The third-order valence-electron chi connectivity index (χ3n) is 3.62. The van der Waals surface area contributed by atoms with Crippen molar-refractivity contribution in [3.63, 3.8) is 0 Å². The molecule has 2 rings (SSSR count). The van der Waals surface area contributed by atoms with Crippen LogP contribution in [0, 0.1) is 0 Å². The van der Waals surface area contributed by atoms with Gasteiger partial charge in [-0.15, -0.1) is 0 Å². The van der Waals surface area contributed by atoms with Crippen molar-refractivity contribution in [2.75, 3.05) is 18.1 Å². The fourth-order valence-electron chi connectivity index (χ4n) is 2.67. The van der Waals surface area contributed by atoms with Crippen LogP contribution >= 0.6 is 0 Å². The van der Waals surface area contributed by atoms with Crippen LogP contribution in [-0.2, 0) is 14.6 Å². The molecule has 2 aliphatic rings. The number of amides is 2. The van der Waals surface area contributed by atoms with Gasteiger partial charge in [0.1, 0.15) is 6.04 Å². The molecular weight excluding hydrogens is 288 g/mol. The molecule has 2 saturated heterocycles. The van der Waals surface area contributed by atoms with Crippen molar-refractivity contribution in [3.05, 3.63) is 0 Å². The molecule has 8 nitrogen and oxygen atoms in total. The number of hydrogen-bond acceptors (Lipinski definition) is 5. The van der Waals surface area contributed by atoms with Gasteiger partial charge in [-0.05, 0) is 12.8 Å². The molecule has 2 fully saturated rings. The minimum atomic E-state index is -3.14. The number of β-amino-alcohol motifs (C(OH)–C–C–N with tert-alkyl or cyclic N) is 1. The third kappa shape index (κ3) is 3.40. The summed E-state index contributed by atoms with van der Waals surface area (Å²) in [6.07, 6.45) is 0.167. The van der Waals surface area contributed by atoms with Crippen LogP contribution in [0.3, 0.4) is 0 Å². The van der Waals surface area contributed by atoms with Crippen LogP contribution in [0.4, 0.5) is 4.79 Å². The summed E-state index contributed by atoms with van der Waals surface area (Å²) in [7, 11) is -3.14. The molecule has 1 unspecified atom stereocenters. The van der Waals surface area contributed by atoms with Crippen molar-refractivity contribution in [3.8, 4) is 0 Å². The van der Waals surface area contributed by atoms with Gasteiger partial charge in [0.25, 0.3) is 0 Å². The molecule has 2 aliphatic heterocycles. The number of aliphatic hydroxyl groups excluding tert-OH is 1. The lowest BCUT2D eigenvalue weighted by Gasteiger charge is -2.27. The zero-order valence-corrected chi connectivity index (χ0v) is 11.7. The second kappa shape index (κ2) is 5.57. The number of likely N-dealkylation sites (tertiary alicyclic amines) is 1. The lowest BCUT2D eigenvalue weighted by molar-refractivity contribution is -0.141. The first-order chi connectivity index (χ1) is 9.28. The maximum atomic E-state index is 12.0. The highest BCUT2D eigenvalue weighted by molar-refractivity contribution is 7.91. The van der Waals surface area contributed by atoms with E-state index in [2.05, 4.69) is 5.32 Å². The van der Waals surface area contributed by atoms with Gasteiger partial charge in [0.05, 0.1) is 17.6 Å². The summed E-state index contributed by atoms with van der Waals surface area (Å²) in [5.74, 6) is -1.17. The number of rotatable bonds is 2. The highest BCUT2D eigenvalue weighted by Gasteiger charge is 2.40. The van der Waals surface area contributed by atoms with E-state index >= 15 is 0 Å². The Kier molecular flexibility index (Phi) is 4.19. The van der Waals surface area contributed by atoms with E-state index in [1.54, 1.807) is 0 Å². The molecule has 2 amide bonds. The zero-order chi connectivity index (χ0) is 14.9. The predicted octanol–water partition coefficient (Wildman–Crippen LogP) is -1.21. The largest absolute Gasteiger partial charge is 0.480 e. The molecule has 0 saturated carbocycles. The average molecular weight is 306 g/mol. The Morgan fingerprint density at radius 1 is 1.30 bits per heavy atom. The first-order valence-electron chi connectivity index (χ1n) is 6.47. The van der Waals surface area contributed by atoms with Gasteiger partial charge < -0.3 is 20.4 Å². The van der Waals surface area contributed by atoms with E-state index in [0.717, 1.165) is 4.90 Å². The quantitative estimate of drug-likeness (QED) is 0.588. The van der Waals surface area contributed by atoms with E-state index in [1.807, 2.05) is 0 Å². The van der Waals surface area contributed by atoms with Crippen LogP contribution in [0.1, 0.15) is 19.3 Å². The molecule has 0 aromatic rings. The van der Waals surface area contributed by atoms with Gasteiger partial charge in [-0.3, -0.25) is 0 Å². The molecule has 9 heteroatoms. The molecule has 3 atom stereocenters. The molecule has 114 valence electrons. The van der Waals surface area contributed by atoms with Crippen molar-refractivity contribution in [1.29, 1.82) is 0 Å². The van der Waals surface area contributed by atoms with Crippen LogP contribution in [0.5, 0.6) is 0 Å². The van der Waals surface area contributed by atoms with Crippen molar-refractivity contribution >= 4 is 21.8 Å². The van der Waals surface area contributed by atoms with Crippen LogP contribution in [-0.4, -0.2) is 71.8 Å². The average Bonchev–Trinajstić information content (AvgIpc) is 2.70. The van der Waals surface area contributed by atoms with Crippen molar-refractivity contribution in [1.82, 2.24) is 10.2 Å². The van der Waals surface area contributed by atoms with Crippen molar-refractivity contribution < 1.29 is 28.2 Å². The summed E-state index contributed by atoms with van der Waals surface area (Å²) in [4.78, 5) is 24.1. The number of carboxylic acids is 1. The molecular formula is C11H18N2O6S. The maximum Gasteiger partial charge on any atom is 0.326 e. The number of nitrogens with one attached hydrogen (secondary N) is 1. The number of aliphatic carboxylic acids is 1. The number of sulfone groups is 1. The monoisotopic (exact) mass is 306 g/mol. The molecule has 2 heterocycles. The Hall–Kier alpha value is -1.35. The molecule has 0 aromatic carbocycles. The zero-order valence-electron chi connectivity index (χ0n) is 10.9. The molecule has 0 bridgehead atoms. The topological polar surface area (TPSA) is 124 Å². The number of urea groups is 1. The van der Waals surface area contributed by atoms with E-state index in [4.69, 9.17) is 5.11 Å². The summed E-state index contributed by atoms with van der Waals surface area (Å²) in [5, 5.41) is 21.0. The van der Waals surface area contributed by atoms with Gasteiger partial charge in [-0.25, -0.2) is 18.0 Å². The van der Waals surface area contributed by atoms with Gasteiger partial charge in [-0.1, -0.05) is 0 Å². The summed E-state index contributed by atoms with van der Waals surface area (Å²) in [5.41, 5.74) is 0. The summed E-state index contributed by atoms with van der Waals surface area (Å²) in [6.45, 7) is -0.0533. The van der Waals surface area contributed by atoms with Gasteiger partial charge in [0.2, 0.25) is 0 Å². The van der Waals surface area contributed by atoms with E-state index in [9.17, 15) is 23.1 Å². The fraction of sp³-hybridized carbons (Fsp3) is 0.818. The second-order valence-corrected chi connectivity index (χ2v) is 7.53. The molecule has 0 spiro atoms. The highest BCUT2D eigenvalue weighted by atomic mass is 32.2. The number of carbonyl (C=O) groups excluding carboxylic acids is 1. The van der Waals surface area contributed by atoms with Gasteiger partial charge in [-0.2, -0.15) is 0 Å². The Balaban J connectivity index is 1.99. The Labute approximate surface area is 116 Å². The minimum absolute atomic E-state index is 0.00822. The number of carbonyl (C=O) groups is 2. The van der Waals surface area contributed by atoms with Crippen LogP contribution < -0.4 is 5.32 Å². The van der Waals surface area contributed by atoms with E-state index in [0.29, 0.717) is 12.8 Å². The SMILES string of the molecule is O=C(O)[C@@H]1C[C@H](O)CN1C(=O)NC1CCCS(=O)(=O)C1. The molecule has 3 N–H and O–H groups in total. The number of aliphatic hydroxyl groups is 1. The van der Waals surface area contributed by atoms with Crippen molar-refractivity contribution in [2.45, 2.75) is 37.5 Å². The summed E-state index contributed by atoms with van der Waals surface area (Å²) >= 11 is 0. The molecule has 0 aromatic heterocycles. The normalized spacial score (nSPS) is 32.9. The Bertz CT molecular complexity index is 505. The molecule has 0 aliphatic carbocycles. The van der Waals surface area contributed by atoms with E-state index in [1.165, 1.54) is 0 Å². The minimum Gasteiger partial charge on any atom is -0.480 e. The lowest BCUT2D eigenvalue weighted by Crippen LogP contribution is -2.51. The molecule has 20 heavy (non-hydrogen) atoms.